The standard InChI is InChI=1S/C10H11BrN2O3/c1-2-5-12-9(14)6-13-10(15)7-3-4-8(11)16-7/h2-4H,1,5-6H2,(H,12,14)(H,13,15). The molecule has 0 aliphatic carbocycles. The van der Waals surface area contributed by atoms with Gasteiger partial charge in [-0.15, -0.1) is 6.58 Å². The predicted molar refractivity (Wildman–Crippen MR) is 61.9 cm³/mol. The lowest BCUT2D eigenvalue weighted by molar-refractivity contribution is -0.119. The Kier molecular flexibility index (Phi) is 4.78. The van der Waals surface area contributed by atoms with Crippen LogP contribution in [0.2, 0.25) is 0 Å². The highest BCUT2D eigenvalue weighted by molar-refractivity contribution is 9.10. The molecule has 0 fully saturated rings. The molecule has 5 nitrogen and oxygen atoms in total. The predicted octanol–water partition coefficient (Wildman–Crippen LogP) is 1.07. The molecule has 2 amide bonds. The van der Waals surface area contributed by atoms with Gasteiger partial charge in [-0.05, 0) is 28.1 Å². The average Bonchev–Trinajstić information content (AvgIpc) is 2.69. The zero-order valence-electron chi connectivity index (χ0n) is 8.46. The number of nitrogens with one attached hydrogen (secondary N) is 2. The SMILES string of the molecule is C=CCNC(=O)CNC(=O)c1ccc(Br)o1. The van der Waals surface area contributed by atoms with Crippen LogP contribution in [-0.4, -0.2) is 24.9 Å². The fourth-order valence-corrected chi connectivity index (χ4v) is 1.24. The van der Waals surface area contributed by atoms with E-state index in [1.165, 1.54) is 6.07 Å². The van der Waals surface area contributed by atoms with Crippen molar-refractivity contribution in [1.29, 1.82) is 0 Å². The van der Waals surface area contributed by atoms with Crippen LogP contribution in [0.25, 0.3) is 0 Å². The second kappa shape index (κ2) is 6.12. The van der Waals surface area contributed by atoms with E-state index in [-0.39, 0.29) is 18.2 Å². The van der Waals surface area contributed by atoms with Crippen LogP contribution in [-0.2, 0) is 4.79 Å². The van der Waals surface area contributed by atoms with Crippen LogP contribution < -0.4 is 10.6 Å². The molecule has 2 N–H and O–H groups in total. The first-order chi connectivity index (χ1) is 7.63. The number of furan rings is 1. The minimum Gasteiger partial charge on any atom is -0.444 e. The molecule has 1 aromatic heterocycles. The molecule has 1 heterocycles. The minimum absolute atomic E-state index is 0.0923. The highest BCUT2D eigenvalue weighted by atomic mass is 79.9. The first-order valence-corrected chi connectivity index (χ1v) is 5.34. The minimum atomic E-state index is -0.431. The van der Waals surface area contributed by atoms with Gasteiger partial charge in [0.05, 0.1) is 6.54 Å². The molecule has 0 bridgehead atoms. The molecule has 0 saturated heterocycles. The lowest BCUT2D eigenvalue weighted by Gasteiger charge is -2.03. The number of halogens is 1. The largest absolute Gasteiger partial charge is 0.444 e. The topological polar surface area (TPSA) is 71.3 Å². The molecular formula is C10H11BrN2O3. The molecule has 0 aliphatic heterocycles. The molecule has 6 heteroatoms. The molecule has 1 aromatic rings. The summed E-state index contributed by atoms with van der Waals surface area (Å²) < 4.78 is 5.48. The molecule has 0 radical (unpaired) electrons. The van der Waals surface area contributed by atoms with E-state index >= 15 is 0 Å². The highest BCUT2D eigenvalue weighted by Crippen LogP contribution is 2.13. The zero-order chi connectivity index (χ0) is 12.0. The summed E-state index contributed by atoms with van der Waals surface area (Å²) in [4.78, 5) is 22.5. The Labute approximate surface area is 101 Å². The first kappa shape index (κ1) is 12.5. The zero-order valence-corrected chi connectivity index (χ0v) is 10.0. The van der Waals surface area contributed by atoms with E-state index in [4.69, 9.17) is 4.42 Å². The Balaban J connectivity index is 2.35. The number of amides is 2. The van der Waals surface area contributed by atoms with Crippen LogP contribution in [0.15, 0.2) is 33.9 Å². The molecule has 0 saturated carbocycles. The quantitative estimate of drug-likeness (QED) is 0.796. The van der Waals surface area contributed by atoms with Gasteiger partial charge in [-0.25, -0.2) is 0 Å². The third-order valence-corrected chi connectivity index (χ3v) is 2.08. The Morgan fingerprint density at radius 1 is 1.44 bits per heavy atom. The third-order valence-electron chi connectivity index (χ3n) is 1.65. The van der Waals surface area contributed by atoms with Crippen LogP contribution >= 0.6 is 15.9 Å². The van der Waals surface area contributed by atoms with E-state index in [2.05, 4.69) is 33.1 Å². The average molecular weight is 287 g/mol. The molecule has 86 valence electrons. The number of rotatable bonds is 5. The maximum Gasteiger partial charge on any atom is 0.287 e. The summed E-state index contributed by atoms with van der Waals surface area (Å²) in [5.74, 6) is -0.554. The van der Waals surface area contributed by atoms with Gasteiger partial charge in [0.2, 0.25) is 5.91 Å². The van der Waals surface area contributed by atoms with E-state index in [1.807, 2.05) is 0 Å². The number of carbonyl (C=O) groups is 2. The molecule has 0 unspecified atom stereocenters. The first-order valence-electron chi connectivity index (χ1n) is 4.54. The summed E-state index contributed by atoms with van der Waals surface area (Å²) in [6.07, 6.45) is 1.56. The van der Waals surface area contributed by atoms with Crippen LogP contribution in [0.3, 0.4) is 0 Å². The Bertz CT molecular complexity index is 401. The van der Waals surface area contributed by atoms with Crippen molar-refractivity contribution < 1.29 is 14.0 Å². The van der Waals surface area contributed by atoms with Crippen molar-refractivity contribution in [3.8, 4) is 0 Å². The number of hydrogen-bond acceptors (Lipinski definition) is 3. The van der Waals surface area contributed by atoms with Crippen LogP contribution in [0.4, 0.5) is 0 Å². The summed E-state index contributed by atoms with van der Waals surface area (Å²) in [6, 6.07) is 3.12. The summed E-state index contributed by atoms with van der Waals surface area (Å²) in [5.41, 5.74) is 0. The van der Waals surface area contributed by atoms with Crippen molar-refractivity contribution in [1.82, 2.24) is 10.6 Å². The number of carbonyl (C=O) groups excluding carboxylic acids is 2. The molecule has 0 aliphatic rings. The summed E-state index contributed by atoms with van der Waals surface area (Å²) in [7, 11) is 0. The van der Waals surface area contributed by atoms with Gasteiger partial charge in [0.1, 0.15) is 0 Å². The van der Waals surface area contributed by atoms with E-state index in [9.17, 15) is 9.59 Å². The van der Waals surface area contributed by atoms with Crippen molar-refractivity contribution in [2.45, 2.75) is 0 Å². The molecule has 0 atom stereocenters. The van der Waals surface area contributed by atoms with E-state index < -0.39 is 5.91 Å². The fraction of sp³-hybridized carbons (Fsp3) is 0.200. The lowest BCUT2D eigenvalue weighted by Crippen LogP contribution is -2.36. The van der Waals surface area contributed by atoms with Crippen LogP contribution in [0.5, 0.6) is 0 Å². The maximum atomic E-state index is 11.4. The summed E-state index contributed by atoms with van der Waals surface area (Å²) in [6.45, 7) is 3.74. The van der Waals surface area contributed by atoms with Crippen molar-refractivity contribution in [2.75, 3.05) is 13.1 Å². The number of hydrogen-bond donors (Lipinski definition) is 2. The van der Waals surface area contributed by atoms with Gasteiger partial charge in [0.15, 0.2) is 10.4 Å². The van der Waals surface area contributed by atoms with Gasteiger partial charge >= 0.3 is 0 Å². The second-order valence-electron chi connectivity index (χ2n) is 2.88. The summed E-state index contributed by atoms with van der Waals surface area (Å²) >= 11 is 3.08. The van der Waals surface area contributed by atoms with Gasteiger partial charge in [0, 0.05) is 6.54 Å². The monoisotopic (exact) mass is 286 g/mol. The van der Waals surface area contributed by atoms with Gasteiger partial charge in [0.25, 0.3) is 5.91 Å². The van der Waals surface area contributed by atoms with Gasteiger partial charge in [-0.3, -0.25) is 9.59 Å². The second-order valence-corrected chi connectivity index (χ2v) is 3.66. The molecule has 0 aromatic carbocycles. The Morgan fingerprint density at radius 2 is 2.19 bits per heavy atom. The van der Waals surface area contributed by atoms with Crippen molar-refractivity contribution in [3.63, 3.8) is 0 Å². The molecular weight excluding hydrogens is 276 g/mol. The summed E-state index contributed by atoms with van der Waals surface area (Å²) in [5, 5.41) is 4.95. The van der Waals surface area contributed by atoms with Crippen LogP contribution in [0.1, 0.15) is 10.6 Å². The maximum absolute atomic E-state index is 11.4. The van der Waals surface area contributed by atoms with E-state index in [1.54, 1.807) is 12.1 Å². The Morgan fingerprint density at radius 3 is 2.75 bits per heavy atom. The van der Waals surface area contributed by atoms with Gasteiger partial charge in [-0.2, -0.15) is 0 Å². The third kappa shape index (κ3) is 3.90. The lowest BCUT2D eigenvalue weighted by atomic mass is 10.4. The fourth-order valence-electron chi connectivity index (χ4n) is 0.933. The normalized spacial score (nSPS) is 9.56. The van der Waals surface area contributed by atoms with E-state index in [0.717, 1.165) is 0 Å². The molecule has 1 rings (SSSR count). The highest BCUT2D eigenvalue weighted by Gasteiger charge is 2.11. The van der Waals surface area contributed by atoms with Crippen molar-refractivity contribution >= 4 is 27.7 Å². The Hall–Kier alpha value is -1.56. The molecule has 0 spiro atoms. The van der Waals surface area contributed by atoms with Crippen molar-refractivity contribution in [2.24, 2.45) is 0 Å². The van der Waals surface area contributed by atoms with Crippen LogP contribution in [0, 0.1) is 0 Å². The molecule has 16 heavy (non-hydrogen) atoms. The van der Waals surface area contributed by atoms with E-state index in [0.29, 0.717) is 11.2 Å². The van der Waals surface area contributed by atoms with Crippen molar-refractivity contribution in [3.05, 3.63) is 35.2 Å². The van der Waals surface area contributed by atoms with Gasteiger partial charge in [-0.1, -0.05) is 6.08 Å². The smallest absolute Gasteiger partial charge is 0.287 e. The van der Waals surface area contributed by atoms with Gasteiger partial charge < -0.3 is 15.1 Å².